The Bertz CT molecular complexity index is 492. The molecule has 2 heterocycles. The highest BCUT2D eigenvalue weighted by Crippen LogP contribution is 2.30. The summed E-state index contributed by atoms with van der Waals surface area (Å²) in [6.45, 7) is 3.57. The zero-order valence-electron chi connectivity index (χ0n) is 11.5. The molecule has 5 nitrogen and oxygen atoms in total. The second-order valence-corrected chi connectivity index (χ2v) is 5.67. The van der Waals surface area contributed by atoms with E-state index in [1.165, 1.54) is 32.5 Å². The van der Waals surface area contributed by atoms with Gasteiger partial charge in [-0.25, -0.2) is 0 Å². The first-order valence-electron chi connectivity index (χ1n) is 7.21. The van der Waals surface area contributed by atoms with E-state index in [9.17, 15) is 4.79 Å². The number of hydrogen-bond donors (Lipinski definition) is 2. The van der Waals surface area contributed by atoms with Crippen LogP contribution in [0.4, 0.5) is 5.69 Å². The molecule has 5 heteroatoms. The minimum absolute atomic E-state index is 0.0789. The summed E-state index contributed by atoms with van der Waals surface area (Å²) < 4.78 is 5.34. The van der Waals surface area contributed by atoms with E-state index in [2.05, 4.69) is 10.2 Å². The largest absolute Gasteiger partial charge is 0.484 e. The van der Waals surface area contributed by atoms with Gasteiger partial charge in [0.05, 0.1) is 0 Å². The van der Waals surface area contributed by atoms with Gasteiger partial charge in [0.1, 0.15) is 5.75 Å². The first kappa shape index (κ1) is 13.2. The number of fused-ring (bicyclic) bond motifs is 2. The molecule has 3 atom stereocenters. The van der Waals surface area contributed by atoms with Gasteiger partial charge in [0.2, 0.25) is 0 Å². The molecule has 2 aliphatic heterocycles. The van der Waals surface area contributed by atoms with E-state index in [1.807, 2.05) is 24.3 Å². The topological polar surface area (TPSA) is 67.6 Å². The van der Waals surface area contributed by atoms with Crippen molar-refractivity contribution in [3.63, 3.8) is 0 Å². The lowest BCUT2D eigenvalue weighted by Crippen LogP contribution is -2.39. The van der Waals surface area contributed by atoms with E-state index < -0.39 is 5.91 Å². The lowest BCUT2D eigenvalue weighted by molar-refractivity contribution is -0.119. The van der Waals surface area contributed by atoms with Gasteiger partial charge in [0.25, 0.3) is 5.91 Å². The molecule has 1 aromatic carbocycles. The second kappa shape index (κ2) is 5.71. The lowest BCUT2D eigenvalue weighted by atomic mass is 9.94. The Hall–Kier alpha value is -1.75. The van der Waals surface area contributed by atoms with Crippen molar-refractivity contribution in [2.24, 2.45) is 11.7 Å². The van der Waals surface area contributed by atoms with Crippen LogP contribution in [0, 0.1) is 5.92 Å². The summed E-state index contributed by atoms with van der Waals surface area (Å²) in [5, 5.41) is 3.61. The number of anilines is 1. The van der Waals surface area contributed by atoms with Crippen molar-refractivity contribution in [2.75, 3.05) is 31.6 Å². The van der Waals surface area contributed by atoms with Crippen LogP contribution in [0.5, 0.6) is 5.75 Å². The highest BCUT2D eigenvalue weighted by molar-refractivity contribution is 5.75. The van der Waals surface area contributed by atoms with Gasteiger partial charge < -0.3 is 20.7 Å². The summed E-state index contributed by atoms with van der Waals surface area (Å²) in [6.07, 6.45) is 2.48. The fourth-order valence-electron chi connectivity index (χ4n) is 3.19. The van der Waals surface area contributed by atoms with Crippen LogP contribution in [-0.2, 0) is 4.79 Å². The molecule has 2 fully saturated rings. The van der Waals surface area contributed by atoms with E-state index in [4.69, 9.17) is 10.5 Å². The van der Waals surface area contributed by atoms with E-state index in [0.29, 0.717) is 11.8 Å². The summed E-state index contributed by atoms with van der Waals surface area (Å²) in [6, 6.07) is 8.29. The monoisotopic (exact) mass is 275 g/mol. The Morgan fingerprint density at radius 1 is 1.40 bits per heavy atom. The van der Waals surface area contributed by atoms with Crippen molar-refractivity contribution in [3.05, 3.63) is 24.3 Å². The van der Waals surface area contributed by atoms with Crippen LogP contribution in [0.1, 0.15) is 12.8 Å². The van der Waals surface area contributed by atoms with Crippen LogP contribution in [0.25, 0.3) is 0 Å². The van der Waals surface area contributed by atoms with Crippen molar-refractivity contribution < 1.29 is 9.53 Å². The van der Waals surface area contributed by atoms with Crippen molar-refractivity contribution in [1.29, 1.82) is 0 Å². The van der Waals surface area contributed by atoms with Gasteiger partial charge in [0.15, 0.2) is 6.61 Å². The first-order valence-corrected chi connectivity index (χ1v) is 7.21. The molecule has 3 rings (SSSR count). The smallest absolute Gasteiger partial charge is 0.255 e. The van der Waals surface area contributed by atoms with Crippen molar-refractivity contribution >= 4 is 11.6 Å². The second-order valence-electron chi connectivity index (χ2n) is 5.67. The van der Waals surface area contributed by atoms with Gasteiger partial charge in [-0.2, -0.15) is 0 Å². The predicted octanol–water partition coefficient (Wildman–Crippen LogP) is 1.06. The van der Waals surface area contributed by atoms with E-state index in [-0.39, 0.29) is 6.61 Å². The molecule has 0 saturated carbocycles. The molecule has 3 unspecified atom stereocenters. The Morgan fingerprint density at radius 3 is 3.10 bits per heavy atom. The lowest BCUT2D eigenvalue weighted by Gasteiger charge is -2.31. The van der Waals surface area contributed by atoms with Crippen molar-refractivity contribution in [2.45, 2.75) is 18.9 Å². The molecule has 0 spiro atoms. The number of carbonyl (C=O) groups is 1. The highest BCUT2D eigenvalue weighted by atomic mass is 16.5. The Balaban J connectivity index is 1.62. The van der Waals surface area contributed by atoms with Gasteiger partial charge in [0, 0.05) is 30.9 Å². The normalized spacial score (nSPS) is 28.1. The minimum Gasteiger partial charge on any atom is -0.484 e. The maximum absolute atomic E-state index is 10.7. The average molecular weight is 275 g/mol. The molecule has 1 amide bonds. The van der Waals surface area contributed by atoms with Crippen LogP contribution in [-0.4, -0.2) is 43.1 Å². The van der Waals surface area contributed by atoms with Crippen LogP contribution < -0.4 is 15.8 Å². The van der Waals surface area contributed by atoms with Crippen LogP contribution in [0.3, 0.4) is 0 Å². The molecule has 0 aliphatic carbocycles. The number of amides is 1. The Kier molecular flexibility index (Phi) is 3.78. The number of benzene rings is 1. The summed E-state index contributed by atoms with van der Waals surface area (Å²) in [7, 11) is 0. The van der Waals surface area contributed by atoms with Crippen LogP contribution in [0.15, 0.2) is 24.3 Å². The quantitative estimate of drug-likeness (QED) is 0.843. The number of rotatable bonds is 5. The average Bonchev–Trinajstić information content (AvgIpc) is 2.83. The summed E-state index contributed by atoms with van der Waals surface area (Å²) in [5.41, 5.74) is 6.14. The molecule has 0 aromatic heterocycles. The molecule has 0 radical (unpaired) electrons. The zero-order chi connectivity index (χ0) is 13.9. The third-order valence-electron chi connectivity index (χ3n) is 4.20. The molecule has 2 saturated heterocycles. The van der Waals surface area contributed by atoms with Crippen molar-refractivity contribution in [3.8, 4) is 5.75 Å². The van der Waals surface area contributed by atoms with Gasteiger partial charge in [-0.3, -0.25) is 4.79 Å². The predicted molar refractivity (Wildman–Crippen MR) is 77.7 cm³/mol. The summed E-state index contributed by atoms with van der Waals surface area (Å²) in [4.78, 5) is 13.3. The van der Waals surface area contributed by atoms with E-state index in [0.717, 1.165) is 11.6 Å². The van der Waals surface area contributed by atoms with Crippen LogP contribution >= 0.6 is 0 Å². The fourth-order valence-corrected chi connectivity index (χ4v) is 3.19. The SMILES string of the molecule is NC(=O)COc1cccc(NC2CCN3CCC2C3)c1. The number of piperidine rings is 1. The number of ether oxygens (including phenoxy) is 1. The maximum Gasteiger partial charge on any atom is 0.255 e. The number of nitrogens with one attached hydrogen (secondary N) is 1. The van der Waals surface area contributed by atoms with Crippen molar-refractivity contribution in [1.82, 2.24) is 4.90 Å². The summed E-state index contributed by atoms with van der Waals surface area (Å²) in [5.74, 6) is 0.971. The van der Waals surface area contributed by atoms with Gasteiger partial charge >= 0.3 is 0 Å². The highest BCUT2D eigenvalue weighted by Gasteiger charge is 2.33. The number of nitrogens with two attached hydrogens (primary N) is 1. The molecule has 3 N–H and O–H groups in total. The third-order valence-corrected chi connectivity index (χ3v) is 4.20. The Labute approximate surface area is 119 Å². The number of carbonyl (C=O) groups excluding carboxylic acids is 1. The van der Waals surface area contributed by atoms with E-state index >= 15 is 0 Å². The molecular formula is C15H21N3O2. The maximum atomic E-state index is 10.7. The molecule has 2 bridgehead atoms. The van der Waals surface area contributed by atoms with Gasteiger partial charge in [-0.15, -0.1) is 0 Å². The van der Waals surface area contributed by atoms with E-state index in [1.54, 1.807) is 0 Å². The Morgan fingerprint density at radius 2 is 2.25 bits per heavy atom. The molecule has 2 aliphatic rings. The molecular weight excluding hydrogens is 254 g/mol. The molecule has 20 heavy (non-hydrogen) atoms. The number of hydrogen-bond acceptors (Lipinski definition) is 4. The fraction of sp³-hybridized carbons (Fsp3) is 0.533. The molecule has 108 valence electrons. The standard InChI is InChI=1S/C15H21N3O2/c16-15(19)10-20-13-3-1-2-12(8-13)17-14-5-7-18-6-4-11(14)9-18/h1-3,8,11,14,17H,4-7,9-10H2,(H2,16,19). The van der Waals surface area contributed by atoms with Crippen LogP contribution in [0.2, 0.25) is 0 Å². The molecule has 1 aromatic rings. The minimum atomic E-state index is -0.457. The van der Waals surface area contributed by atoms with Gasteiger partial charge in [-0.05, 0) is 37.4 Å². The third kappa shape index (κ3) is 3.04. The number of nitrogens with zero attached hydrogens (tertiary/aromatic N) is 1. The zero-order valence-corrected chi connectivity index (χ0v) is 11.5. The first-order chi connectivity index (χ1) is 9.70. The van der Waals surface area contributed by atoms with Gasteiger partial charge in [-0.1, -0.05) is 6.07 Å². The number of primary amides is 1. The summed E-state index contributed by atoms with van der Waals surface area (Å²) >= 11 is 0.